The van der Waals surface area contributed by atoms with Gasteiger partial charge in [0.2, 0.25) is 0 Å². The van der Waals surface area contributed by atoms with Crippen LogP contribution in [0.2, 0.25) is 10.0 Å². The summed E-state index contributed by atoms with van der Waals surface area (Å²) in [5.74, 6) is -0.143. The van der Waals surface area contributed by atoms with E-state index in [0.29, 0.717) is 12.0 Å². The second-order valence-corrected chi connectivity index (χ2v) is 7.47. The van der Waals surface area contributed by atoms with Crippen molar-refractivity contribution in [3.05, 3.63) is 21.7 Å². The molecule has 9 heteroatoms. The van der Waals surface area contributed by atoms with Crippen LogP contribution in [0, 0.1) is 0 Å². The summed E-state index contributed by atoms with van der Waals surface area (Å²) in [6.45, 7) is 1.32. The number of rotatable bonds is 3. The van der Waals surface area contributed by atoms with Crippen LogP contribution in [0.1, 0.15) is 12.5 Å². The van der Waals surface area contributed by atoms with Crippen molar-refractivity contribution in [3.63, 3.8) is 0 Å². The first-order chi connectivity index (χ1) is 9.20. The number of halogens is 3. The van der Waals surface area contributed by atoms with E-state index in [1.807, 2.05) is 0 Å². The number of benzene rings is 1. The normalized spacial score (nSPS) is 17.5. The molecule has 1 aromatic carbocycles. The van der Waals surface area contributed by atoms with Crippen molar-refractivity contribution in [2.24, 2.45) is 0 Å². The number of hydrogen-bond acceptors (Lipinski definition) is 5. The minimum atomic E-state index is -4.01. The van der Waals surface area contributed by atoms with Crippen LogP contribution in [-0.2, 0) is 25.0 Å². The van der Waals surface area contributed by atoms with Crippen molar-refractivity contribution in [1.82, 2.24) is 0 Å². The monoisotopic (exact) mass is 358 g/mol. The topological polar surface area (TPSA) is 69.7 Å². The van der Waals surface area contributed by atoms with Gasteiger partial charge in [0, 0.05) is 29.6 Å². The van der Waals surface area contributed by atoms with Crippen LogP contribution < -0.4 is 4.74 Å². The molecule has 0 bridgehead atoms. The Morgan fingerprint density at radius 2 is 2.10 bits per heavy atom. The van der Waals surface area contributed by atoms with E-state index in [2.05, 4.69) is 0 Å². The highest BCUT2D eigenvalue weighted by Gasteiger charge is 2.31. The van der Waals surface area contributed by atoms with Gasteiger partial charge < -0.3 is 9.47 Å². The van der Waals surface area contributed by atoms with E-state index < -0.39 is 21.1 Å². The molecule has 1 atom stereocenters. The summed E-state index contributed by atoms with van der Waals surface area (Å²) >= 11 is 11.9. The lowest BCUT2D eigenvalue weighted by Crippen LogP contribution is -2.21. The maximum Gasteiger partial charge on any atom is 0.302 e. The quantitative estimate of drug-likeness (QED) is 0.613. The molecule has 0 N–H and O–H groups in total. The van der Waals surface area contributed by atoms with Crippen molar-refractivity contribution in [2.45, 2.75) is 24.3 Å². The van der Waals surface area contributed by atoms with Crippen molar-refractivity contribution in [1.29, 1.82) is 0 Å². The largest absolute Gasteiger partial charge is 0.485 e. The third kappa shape index (κ3) is 3.14. The Kier molecular flexibility index (Phi) is 4.39. The Hall–Kier alpha value is -0.690. The molecule has 5 nitrogen and oxygen atoms in total. The van der Waals surface area contributed by atoms with Crippen LogP contribution in [0.15, 0.2) is 11.0 Å². The van der Waals surface area contributed by atoms with Gasteiger partial charge in [-0.3, -0.25) is 4.79 Å². The molecule has 2 rings (SSSR count). The Labute approximate surface area is 130 Å². The van der Waals surface area contributed by atoms with Crippen LogP contribution in [0.25, 0.3) is 0 Å². The van der Waals surface area contributed by atoms with Gasteiger partial charge in [0.1, 0.15) is 28.4 Å². The van der Waals surface area contributed by atoms with Gasteiger partial charge in [0.15, 0.2) is 0 Å². The van der Waals surface area contributed by atoms with Crippen LogP contribution in [0.5, 0.6) is 5.75 Å². The number of esters is 1. The Bertz CT molecular complexity index is 671. The molecule has 0 spiro atoms. The summed E-state index contributed by atoms with van der Waals surface area (Å²) in [5.41, 5.74) is 0.552. The number of fused-ring (bicyclic) bond motifs is 1. The molecule has 0 aromatic heterocycles. The summed E-state index contributed by atoms with van der Waals surface area (Å²) in [6.07, 6.45) is -0.0884. The number of ether oxygens (including phenoxy) is 2. The van der Waals surface area contributed by atoms with E-state index in [1.54, 1.807) is 0 Å². The molecule has 1 unspecified atom stereocenters. The van der Waals surface area contributed by atoms with Crippen LogP contribution >= 0.6 is 33.9 Å². The van der Waals surface area contributed by atoms with Gasteiger partial charge >= 0.3 is 5.97 Å². The number of carbonyl (C=O) groups is 1. The smallest absolute Gasteiger partial charge is 0.302 e. The molecular formula is C11H9Cl3O5S. The first-order valence-electron chi connectivity index (χ1n) is 5.45. The maximum atomic E-state index is 11.4. The van der Waals surface area contributed by atoms with Crippen molar-refractivity contribution in [2.75, 3.05) is 6.61 Å². The minimum Gasteiger partial charge on any atom is -0.485 e. The number of carbonyl (C=O) groups excluding carboxylic acids is 1. The lowest BCUT2D eigenvalue weighted by molar-refractivity contribution is -0.143. The summed E-state index contributed by atoms with van der Waals surface area (Å²) in [6, 6.07) is 1.32. The molecule has 0 amide bonds. The predicted molar refractivity (Wildman–Crippen MR) is 74.3 cm³/mol. The molecule has 0 saturated carbocycles. The average Bonchev–Trinajstić information content (AvgIpc) is 2.73. The Morgan fingerprint density at radius 3 is 2.65 bits per heavy atom. The Morgan fingerprint density at radius 1 is 1.45 bits per heavy atom. The lowest BCUT2D eigenvalue weighted by atomic mass is 10.1. The zero-order valence-corrected chi connectivity index (χ0v) is 13.2. The van der Waals surface area contributed by atoms with Crippen LogP contribution in [-0.4, -0.2) is 27.1 Å². The molecule has 1 aromatic rings. The van der Waals surface area contributed by atoms with Gasteiger partial charge in [0.05, 0.1) is 5.02 Å². The average molecular weight is 360 g/mol. The second-order valence-electron chi connectivity index (χ2n) is 4.18. The fourth-order valence-electron chi connectivity index (χ4n) is 1.85. The van der Waals surface area contributed by atoms with Gasteiger partial charge in [-0.2, -0.15) is 0 Å². The molecular weight excluding hydrogens is 351 g/mol. The molecule has 1 aliphatic rings. The van der Waals surface area contributed by atoms with Gasteiger partial charge in [0.25, 0.3) is 9.05 Å². The van der Waals surface area contributed by atoms with Gasteiger partial charge in [-0.1, -0.05) is 23.2 Å². The maximum absolute atomic E-state index is 11.4. The van der Waals surface area contributed by atoms with Crippen LogP contribution in [0.4, 0.5) is 0 Å². The SMILES string of the molecule is CC(=O)OCC1Cc2cc(S(=O)(=O)Cl)c(Cl)c(Cl)c2O1. The van der Waals surface area contributed by atoms with E-state index in [9.17, 15) is 13.2 Å². The summed E-state index contributed by atoms with van der Waals surface area (Å²) in [7, 11) is 1.29. The van der Waals surface area contributed by atoms with E-state index in [-0.39, 0.29) is 27.3 Å². The molecule has 0 fully saturated rings. The summed E-state index contributed by atoms with van der Waals surface area (Å²) < 4.78 is 33.2. The first kappa shape index (κ1) is 15.7. The standard InChI is InChI=1S/C11H9Cl3O5S/c1-5(15)18-4-7-2-6-3-8(20(14,16)17)9(12)10(13)11(6)19-7/h3,7H,2,4H2,1H3. The predicted octanol–water partition coefficient (Wildman–Crippen LogP) is 2.79. The van der Waals surface area contributed by atoms with Gasteiger partial charge in [-0.05, 0) is 6.07 Å². The summed E-state index contributed by atoms with van der Waals surface area (Å²) in [4.78, 5) is 10.5. The fourth-order valence-corrected chi connectivity index (χ4v) is 3.70. The molecule has 0 radical (unpaired) electrons. The number of hydrogen-bond donors (Lipinski definition) is 0. The lowest BCUT2D eigenvalue weighted by Gasteiger charge is -2.11. The zero-order chi connectivity index (χ0) is 15.1. The van der Waals surface area contributed by atoms with E-state index in [4.69, 9.17) is 43.4 Å². The minimum absolute atomic E-state index is 0.0197. The Balaban J connectivity index is 2.34. The van der Waals surface area contributed by atoms with Crippen molar-refractivity contribution < 1.29 is 22.7 Å². The molecule has 110 valence electrons. The van der Waals surface area contributed by atoms with Crippen LogP contribution in [0.3, 0.4) is 0 Å². The highest BCUT2D eigenvalue weighted by molar-refractivity contribution is 8.13. The third-order valence-electron chi connectivity index (χ3n) is 2.67. The molecule has 1 heterocycles. The van der Waals surface area contributed by atoms with E-state index in [1.165, 1.54) is 13.0 Å². The molecule has 0 saturated heterocycles. The first-order valence-corrected chi connectivity index (χ1v) is 8.52. The second kappa shape index (κ2) is 5.60. The van der Waals surface area contributed by atoms with E-state index >= 15 is 0 Å². The van der Waals surface area contributed by atoms with Gasteiger partial charge in [-0.15, -0.1) is 0 Å². The van der Waals surface area contributed by atoms with Crippen molar-refractivity contribution in [3.8, 4) is 5.75 Å². The highest BCUT2D eigenvalue weighted by atomic mass is 35.7. The molecule has 20 heavy (non-hydrogen) atoms. The molecule has 0 aliphatic carbocycles. The van der Waals surface area contributed by atoms with Gasteiger partial charge in [-0.25, -0.2) is 8.42 Å². The summed E-state index contributed by atoms with van der Waals surface area (Å²) in [5, 5.41) is -0.206. The highest BCUT2D eigenvalue weighted by Crippen LogP contribution is 2.44. The molecule has 1 aliphatic heterocycles. The fraction of sp³-hybridized carbons (Fsp3) is 0.364. The van der Waals surface area contributed by atoms with E-state index in [0.717, 1.165) is 0 Å². The van der Waals surface area contributed by atoms with Crippen molar-refractivity contribution >= 4 is 48.9 Å². The third-order valence-corrected chi connectivity index (χ3v) is 4.98. The zero-order valence-electron chi connectivity index (χ0n) is 10.2.